The first-order valence-corrected chi connectivity index (χ1v) is 4.44. The zero-order chi connectivity index (χ0) is 8.97. The highest BCUT2D eigenvalue weighted by Crippen LogP contribution is 2.02. The van der Waals surface area contributed by atoms with E-state index in [1.807, 2.05) is 13.0 Å². The lowest BCUT2D eigenvalue weighted by Crippen LogP contribution is -2.13. The average Bonchev–Trinajstić information content (AvgIpc) is 2.35. The Hall–Kier alpha value is -0.610. The van der Waals surface area contributed by atoms with Gasteiger partial charge in [-0.1, -0.05) is 27.7 Å². The van der Waals surface area contributed by atoms with Gasteiger partial charge in [0.15, 0.2) is 5.76 Å². The van der Waals surface area contributed by atoms with Crippen LogP contribution in [-0.2, 0) is 6.54 Å². The smallest absolute Gasteiger partial charge is 0.150 e. The lowest BCUT2D eigenvalue weighted by atomic mass is 10.4. The van der Waals surface area contributed by atoms with E-state index in [0.717, 1.165) is 22.5 Å². The number of nitrogens with one attached hydrogen (secondary N) is 1. The summed E-state index contributed by atoms with van der Waals surface area (Å²) < 4.78 is 5.92. The third-order valence-electron chi connectivity index (χ3n) is 1.29. The first-order chi connectivity index (χ1) is 5.68. The van der Waals surface area contributed by atoms with Gasteiger partial charge in [0, 0.05) is 17.1 Å². The monoisotopic (exact) mass is 230 g/mol. The number of nitrogens with zero attached hydrogens (tertiary/aromatic N) is 1. The summed E-state index contributed by atoms with van der Waals surface area (Å²) in [5.74, 6) is 0.848. The number of halogens is 1. The molecule has 0 radical (unpaired) electrons. The van der Waals surface area contributed by atoms with Crippen molar-refractivity contribution in [3.63, 3.8) is 0 Å². The van der Waals surface area contributed by atoms with E-state index in [1.165, 1.54) is 0 Å². The van der Waals surface area contributed by atoms with Crippen LogP contribution in [0.4, 0.5) is 0 Å². The molecule has 1 aromatic rings. The fraction of sp³-hybridized carbons (Fsp3) is 0.375. The maximum Gasteiger partial charge on any atom is 0.150 e. The second-order valence-electron chi connectivity index (χ2n) is 2.56. The zero-order valence-electron chi connectivity index (χ0n) is 6.93. The van der Waals surface area contributed by atoms with Gasteiger partial charge in [-0.15, -0.1) is 0 Å². The molecule has 1 N–H and O–H groups in total. The Balaban J connectivity index is 2.29. The molecule has 0 aliphatic heterocycles. The Kier molecular flexibility index (Phi) is 3.49. The van der Waals surface area contributed by atoms with Crippen LogP contribution in [0.15, 0.2) is 21.7 Å². The van der Waals surface area contributed by atoms with E-state index in [2.05, 4.69) is 33.0 Å². The molecule has 0 aliphatic rings. The van der Waals surface area contributed by atoms with Crippen LogP contribution in [-0.4, -0.2) is 11.7 Å². The lowest BCUT2D eigenvalue weighted by molar-refractivity contribution is 0.372. The third-order valence-corrected chi connectivity index (χ3v) is 1.57. The molecule has 0 saturated carbocycles. The van der Waals surface area contributed by atoms with Crippen LogP contribution in [0.3, 0.4) is 0 Å². The van der Waals surface area contributed by atoms with Crippen molar-refractivity contribution < 1.29 is 4.52 Å². The average molecular weight is 231 g/mol. The summed E-state index contributed by atoms with van der Waals surface area (Å²) in [4.78, 5) is 0. The summed E-state index contributed by atoms with van der Waals surface area (Å²) in [5.41, 5.74) is 0.907. The van der Waals surface area contributed by atoms with Crippen LogP contribution >= 0.6 is 15.9 Å². The highest BCUT2D eigenvalue weighted by molar-refractivity contribution is 9.11. The zero-order valence-corrected chi connectivity index (χ0v) is 8.52. The molecule has 0 aromatic carbocycles. The molecule has 4 heteroatoms. The van der Waals surface area contributed by atoms with E-state index in [9.17, 15) is 0 Å². The van der Waals surface area contributed by atoms with Gasteiger partial charge in [0.25, 0.3) is 0 Å². The number of aromatic nitrogens is 1. The first kappa shape index (κ1) is 9.48. The largest absolute Gasteiger partial charge is 0.360 e. The second kappa shape index (κ2) is 4.42. The van der Waals surface area contributed by atoms with Crippen LogP contribution in [0.5, 0.6) is 0 Å². The molecule has 0 unspecified atom stereocenters. The normalized spacial score (nSPS) is 10.2. The van der Waals surface area contributed by atoms with Crippen LogP contribution in [0, 0.1) is 6.92 Å². The molecule has 0 saturated heterocycles. The predicted octanol–water partition coefficient (Wildman–Crippen LogP) is 1.98. The second-order valence-corrected chi connectivity index (χ2v) is 3.68. The minimum Gasteiger partial charge on any atom is -0.360 e. The molecular formula is C8H11BrN2O. The minimum absolute atomic E-state index is 0.686. The topological polar surface area (TPSA) is 38.1 Å². The Morgan fingerprint density at radius 3 is 3.08 bits per heavy atom. The van der Waals surface area contributed by atoms with Crippen LogP contribution in [0.1, 0.15) is 11.5 Å². The molecular weight excluding hydrogens is 220 g/mol. The summed E-state index contributed by atoms with van der Waals surface area (Å²) in [5, 5.41) is 6.90. The molecule has 0 bridgehead atoms. The summed E-state index contributed by atoms with van der Waals surface area (Å²) >= 11 is 3.25. The van der Waals surface area contributed by atoms with Crippen molar-refractivity contribution >= 4 is 15.9 Å². The molecule has 12 heavy (non-hydrogen) atoms. The van der Waals surface area contributed by atoms with Gasteiger partial charge in [0.2, 0.25) is 0 Å². The summed E-state index contributed by atoms with van der Waals surface area (Å²) in [6, 6.07) is 1.91. The van der Waals surface area contributed by atoms with Crippen molar-refractivity contribution in [1.82, 2.24) is 10.5 Å². The molecule has 1 aromatic heterocycles. The van der Waals surface area contributed by atoms with Crippen LogP contribution in [0.25, 0.3) is 0 Å². The fourth-order valence-corrected chi connectivity index (χ4v) is 1.02. The lowest BCUT2D eigenvalue weighted by Gasteiger charge is -1.98. The number of hydrogen-bond donors (Lipinski definition) is 1. The Labute approximate surface area is 79.9 Å². The van der Waals surface area contributed by atoms with Gasteiger partial charge in [-0.2, -0.15) is 0 Å². The van der Waals surface area contributed by atoms with E-state index in [0.29, 0.717) is 6.54 Å². The maximum atomic E-state index is 4.99. The molecule has 0 spiro atoms. The molecule has 0 aliphatic carbocycles. The van der Waals surface area contributed by atoms with Crippen molar-refractivity contribution in [1.29, 1.82) is 0 Å². The highest BCUT2D eigenvalue weighted by atomic mass is 79.9. The van der Waals surface area contributed by atoms with Crippen molar-refractivity contribution in [2.45, 2.75) is 13.5 Å². The van der Waals surface area contributed by atoms with Crippen molar-refractivity contribution in [3.8, 4) is 0 Å². The maximum absolute atomic E-state index is 4.99. The fourth-order valence-electron chi connectivity index (χ4n) is 0.821. The standard InChI is InChI=1S/C8H11BrN2O/c1-6(9)4-10-5-8-3-7(2)11-12-8/h3,10H,1,4-5H2,2H3. The van der Waals surface area contributed by atoms with Gasteiger partial charge in [0.1, 0.15) is 0 Å². The van der Waals surface area contributed by atoms with E-state index in [1.54, 1.807) is 0 Å². The first-order valence-electron chi connectivity index (χ1n) is 3.64. The van der Waals surface area contributed by atoms with Gasteiger partial charge < -0.3 is 9.84 Å². The van der Waals surface area contributed by atoms with Gasteiger partial charge in [-0.05, 0) is 6.92 Å². The van der Waals surface area contributed by atoms with E-state index in [-0.39, 0.29) is 0 Å². The van der Waals surface area contributed by atoms with Gasteiger partial charge in [-0.3, -0.25) is 0 Å². The number of hydrogen-bond acceptors (Lipinski definition) is 3. The predicted molar refractivity (Wildman–Crippen MR) is 51.0 cm³/mol. The van der Waals surface area contributed by atoms with E-state index >= 15 is 0 Å². The highest BCUT2D eigenvalue weighted by Gasteiger charge is 1.98. The molecule has 1 heterocycles. The Morgan fingerprint density at radius 2 is 2.58 bits per heavy atom. The molecule has 66 valence electrons. The van der Waals surface area contributed by atoms with Gasteiger partial charge in [0.05, 0.1) is 12.2 Å². The van der Waals surface area contributed by atoms with E-state index < -0.39 is 0 Å². The molecule has 0 atom stereocenters. The molecule has 0 amide bonds. The van der Waals surface area contributed by atoms with Crippen molar-refractivity contribution in [2.24, 2.45) is 0 Å². The Morgan fingerprint density at radius 1 is 1.83 bits per heavy atom. The number of aryl methyl sites for hydroxylation is 1. The SMILES string of the molecule is C=C(Br)CNCc1cc(C)no1. The summed E-state index contributed by atoms with van der Waals surface area (Å²) in [6.45, 7) is 7.02. The van der Waals surface area contributed by atoms with Crippen LogP contribution in [0.2, 0.25) is 0 Å². The van der Waals surface area contributed by atoms with Gasteiger partial charge in [-0.25, -0.2) is 0 Å². The summed E-state index contributed by atoms with van der Waals surface area (Å²) in [6.07, 6.45) is 0. The summed E-state index contributed by atoms with van der Waals surface area (Å²) in [7, 11) is 0. The molecule has 3 nitrogen and oxygen atoms in total. The van der Waals surface area contributed by atoms with E-state index in [4.69, 9.17) is 4.52 Å². The minimum atomic E-state index is 0.686. The van der Waals surface area contributed by atoms with Crippen LogP contribution < -0.4 is 5.32 Å². The number of rotatable bonds is 4. The molecule has 0 fully saturated rings. The van der Waals surface area contributed by atoms with Crippen molar-refractivity contribution in [3.05, 3.63) is 28.6 Å². The third kappa shape index (κ3) is 3.19. The Bertz CT molecular complexity index is 270. The molecule has 1 rings (SSSR count). The van der Waals surface area contributed by atoms with Gasteiger partial charge >= 0.3 is 0 Å². The quantitative estimate of drug-likeness (QED) is 0.860. The van der Waals surface area contributed by atoms with Crippen molar-refractivity contribution in [2.75, 3.05) is 6.54 Å².